The number of amidine groups is 1. The summed E-state index contributed by atoms with van der Waals surface area (Å²) in [5.41, 5.74) is 0.589. The van der Waals surface area contributed by atoms with Gasteiger partial charge in [0, 0.05) is 11.3 Å². The molecule has 0 saturated heterocycles. The fourth-order valence-corrected chi connectivity index (χ4v) is 3.98. The summed E-state index contributed by atoms with van der Waals surface area (Å²) in [7, 11) is 0. The minimum Gasteiger partial charge on any atom is -0.360 e. The van der Waals surface area contributed by atoms with Crippen LogP contribution in [-0.4, -0.2) is 22.5 Å². The number of nitrogens with zero attached hydrogens (tertiary/aromatic N) is 1. The van der Waals surface area contributed by atoms with Crippen LogP contribution in [0.5, 0.6) is 0 Å². The summed E-state index contributed by atoms with van der Waals surface area (Å²) >= 11 is 1.91. The molecule has 0 amide bonds. The molecule has 1 N–H and O–H groups in total. The fraction of sp³-hybridized carbons (Fsp3) is 0.933. The van der Waals surface area contributed by atoms with Gasteiger partial charge in [0.1, 0.15) is 0 Å². The van der Waals surface area contributed by atoms with Crippen LogP contribution in [0.1, 0.15) is 66.2 Å². The molecule has 2 rings (SSSR count). The summed E-state index contributed by atoms with van der Waals surface area (Å²) < 4.78 is 0. The van der Waals surface area contributed by atoms with Crippen molar-refractivity contribution in [2.24, 2.45) is 10.4 Å². The largest absolute Gasteiger partial charge is 0.360 e. The van der Waals surface area contributed by atoms with E-state index in [0.29, 0.717) is 17.0 Å². The van der Waals surface area contributed by atoms with Crippen molar-refractivity contribution in [2.75, 3.05) is 5.75 Å². The highest BCUT2D eigenvalue weighted by Gasteiger charge is 2.31. The highest BCUT2D eigenvalue weighted by Crippen LogP contribution is 2.33. The van der Waals surface area contributed by atoms with Crippen LogP contribution in [0.2, 0.25) is 0 Å². The second-order valence-corrected chi connectivity index (χ2v) is 8.28. The number of rotatable bonds is 1. The molecule has 1 atom stereocenters. The molecule has 1 aliphatic heterocycles. The molecule has 18 heavy (non-hydrogen) atoms. The first kappa shape index (κ1) is 14.2. The summed E-state index contributed by atoms with van der Waals surface area (Å²) in [6.07, 6.45) is 7.95. The Morgan fingerprint density at radius 3 is 2.50 bits per heavy atom. The van der Waals surface area contributed by atoms with Crippen LogP contribution >= 0.6 is 11.8 Å². The highest BCUT2D eigenvalue weighted by atomic mass is 32.2. The molecule has 0 aromatic rings. The molecule has 0 aromatic heterocycles. The van der Waals surface area contributed by atoms with E-state index in [0.717, 1.165) is 0 Å². The lowest BCUT2D eigenvalue weighted by Crippen LogP contribution is -2.47. The van der Waals surface area contributed by atoms with Crippen molar-refractivity contribution in [1.29, 1.82) is 0 Å². The predicted molar refractivity (Wildman–Crippen MR) is 82.4 cm³/mol. The topological polar surface area (TPSA) is 24.4 Å². The maximum atomic E-state index is 4.96. The van der Waals surface area contributed by atoms with Crippen molar-refractivity contribution in [3.63, 3.8) is 0 Å². The van der Waals surface area contributed by atoms with Gasteiger partial charge in [-0.1, -0.05) is 51.8 Å². The summed E-state index contributed by atoms with van der Waals surface area (Å²) in [5.74, 6) is 1.21. The number of nitrogens with one attached hydrogen (secondary N) is 1. The standard InChI is InChI=1S/C15H28N2S/c1-14(2,3)12-8-11-18-13(16-12)17-15(4)9-6-5-7-10-15/h12H,5-11H2,1-4H3,(H,16,17). The van der Waals surface area contributed by atoms with Crippen LogP contribution in [-0.2, 0) is 0 Å². The van der Waals surface area contributed by atoms with Gasteiger partial charge in [0.25, 0.3) is 0 Å². The third kappa shape index (κ3) is 3.66. The van der Waals surface area contributed by atoms with Gasteiger partial charge < -0.3 is 5.32 Å². The van der Waals surface area contributed by atoms with Crippen LogP contribution in [0.15, 0.2) is 4.99 Å². The Morgan fingerprint density at radius 1 is 1.22 bits per heavy atom. The molecule has 0 radical (unpaired) electrons. The van der Waals surface area contributed by atoms with Gasteiger partial charge in [-0.2, -0.15) is 0 Å². The Morgan fingerprint density at radius 2 is 1.89 bits per heavy atom. The van der Waals surface area contributed by atoms with E-state index in [1.807, 2.05) is 11.8 Å². The van der Waals surface area contributed by atoms with Gasteiger partial charge >= 0.3 is 0 Å². The van der Waals surface area contributed by atoms with Crippen molar-refractivity contribution in [3.8, 4) is 0 Å². The SMILES string of the molecule is CC1(NC2=NC(C(C)(C)C)CCS2)CCCCC1. The van der Waals surface area contributed by atoms with Gasteiger partial charge in [-0.15, -0.1) is 0 Å². The molecule has 1 heterocycles. The molecular weight excluding hydrogens is 240 g/mol. The molecule has 2 aliphatic rings. The maximum absolute atomic E-state index is 4.96. The van der Waals surface area contributed by atoms with E-state index in [-0.39, 0.29) is 0 Å². The third-order valence-electron chi connectivity index (χ3n) is 4.27. The Kier molecular flexibility index (Phi) is 4.30. The van der Waals surface area contributed by atoms with Gasteiger partial charge in [0.15, 0.2) is 5.17 Å². The number of aliphatic imine (C=N–C) groups is 1. The third-order valence-corrected chi connectivity index (χ3v) is 5.19. The summed E-state index contributed by atoms with van der Waals surface area (Å²) in [5, 5.41) is 4.95. The molecule has 1 fully saturated rings. The van der Waals surface area contributed by atoms with E-state index < -0.39 is 0 Å². The quantitative estimate of drug-likeness (QED) is 0.770. The molecule has 1 saturated carbocycles. The molecule has 104 valence electrons. The van der Waals surface area contributed by atoms with Gasteiger partial charge in [-0.05, 0) is 31.6 Å². The van der Waals surface area contributed by atoms with E-state index in [9.17, 15) is 0 Å². The number of thioether (sulfide) groups is 1. The first-order valence-corrected chi connectivity index (χ1v) is 8.36. The van der Waals surface area contributed by atoms with Crippen molar-refractivity contribution in [2.45, 2.75) is 77.8 Å². The highest BCUT2D eigenvalue weighted by molar-refractivity contribution is 8.13. The average Bonchev–Trinajstić information content (AvgIpc) is 2.28. The fourth-order valence-electron chi connectivity index (χ4n) is 2.92. The summed E-state index contributed by atoms with van der Waals surface area (Å²) in [4.78, 5) is 4.96. The smallest absolute Gasteiger partial charge is 0.157 e. The van der Waals surface area contributed by atoms with E-state index in [2.05, 4.69) is 33.0 Å². The molecule has 0 aromatic carbocycles. The zero-order valence-corrected chi connectivity index (χ0v) is 13.2. The van der Waals surface area contributed by atoms with Crippen LogP contribution in [0.25, 0.3) is 0 Å². The van der Waals surface area contributed by atoms with Crippen molar-refractivity contribution in [1.82, 2.24) is 5.32 Å². The zero-order chi connectivity index (χ0) is 13.2. The molecule has 1 unspecified atom stereocenters. The van der Waals surface area contributed by atoms with Crippen molar-refractivity contribution < 1.29 is 0 Å². The molecule has 3 heteroatoms. The van der Waals surface area contributed by atoms with Crippen molar-refractivity contribution in [3.05, 3.63) is 0 Å². The summed E-state index contributed by atoms with van der Waals surface area (Å²) in [6.45, 7) is 9.28. The molecule has 0 spiro atoms. The van der Waals surface area contributed by atoms with Gasteiger partial charge in [0.05, 0.1) is 6.04 Å². The normalized spacial score (nSPS) is 28.7. The van der Waals surface area contributed by atoms with Crippen LogP contribution in [0.4, 0.5) is 0 Å². The maximum Gasteiger partial charge on any atom is 0.157 e. The lowest BCUT2D eigenvalue weighted by molar-refractivity contribution is 0.287. The minimum absolute atomic E-state index is 0.293. The molecule has 2 nitrogen and oxygen atoms in total. The Balaban J connectivity index is 2.01. The van der Waals surface area contributed by atoms with Gasteiger partial charge in [-0.3, -0.25) is 4.99 Å². The molecule has 0 bridgehead atoms. The van der Waals surface area contributed by atoms with Crippen molar-refractivity contribution >= 4 is 16.9 Å². The monoisotopic (exact) mass is 268 g/mol. The number of hydrogen-bond acceptors (Lipinski definition) is 3. The number of hydrogen-bond donors (Lipinski definition) is 1. The van der Waals surface area contributed by atoms with E-state index in [4.69, 9.17) is 4.99 Å². The molecular formula is C15H28N2S. The Hall–Kier alpha value is -0.180. The van der Waals surface area contributed by atoms with Gasteiger partial charge in [0.2, 0.25) is 0 Å². The van der Waals surface area contributed by atoms with Crippen LogP contribution < -0.4 is 5.32 Å². The first-order valence-electron chi connectivity index (χ1n) is 7.38. The Bertz CT molecular complexity index is 311. The Labute approximate surface area is 116 Å². The lowest BCUT2D eigenvalue weighted by Gasteiger charge is -2.38. The van der Waals surface area contributed by atoms with Crippen LogP contribution in [0, 0.1) is 5.41 Å². The average molecular weight is 268 g/mol. The lowest BCUT2D eigenvalue weighted by atomic mass is 9.83. The van der Waals surface area contributed by atoms with E-state index in [1.54, 1.807) is 0 Å². The second kappa shape index (κ2) is 5.44. The van der Waals surface area contributed by atoms with E-state index >= 15 is 0 Å². The zero-order valence-electron chi connectivity index (χ0n) is 12.4. The minimum atomic E-state index is 0.293. The second-order valence-electron chi connectivity index (χ2n) is 7.20. The molecule has 1 aliphatic carbocycles. The first-order chi connectivity index (χ1) is 8.39. The summed E-state index contributed by atoms with van der Waals surface area (Å²) in [6, 6.07) is 0.480. The van der Waals surface area contributed by atoms with Gasteiger partial charge in [-0.25, -0.2) is 0 Å². The predicted octanol–water partition coefficient (Wildman–Crippen LogP) is 4.21. The van der Waals surface area contributed by atoms with Crippen LogP contribution in [0.3, 0.4) is 0 Å². The van der Waals surface area contributed by atoms with E-state index in [1.165, 1.54) is 49.4 Å².